The minimum Gasteiger partial charge on any atom is -0.100 e. The summed E-state index contributed by atoms with van der Waals surface area (Å²) in [5.74, 6) is 0.736. The highest BCUT2D eigenvalue weighted by molar-refractivity contribution is 4.93. The molecule has 0 aromatic heterocycles. The first kappa shape index (κ1) is 10.5. The molecule has 0 aliphatic heterocycles. The van der Waals surface area contributed by atoms with Crippen LogP contribution in [0.2, 0.25) is 0 Å². The van der Waals surface area contributed by atoms with Gasteiger partial charge in [0.2, 0.25) is 0 Å². The molecule has 0 bridgehead atoms. The van der Waals surface area contributed by atoms with Gasteiger partial charge in [0.15, 0.2) is 0 Å². The molecule has 1 atom stereocenters. The minimum absolute atomic E-state index is 0.736. The van der Waals surface area contributed by atoms with Crippen molar-refractivity contribution in [3.05, 3.63) is 24.3 Å². The van der Waals surface area contributed by atoms with E-state index < -0.39 is 0 Å². The van der Waals surface area contributed by atoms with Gasteiger partial charge in [-0.25, -0.2) is 0 Å². The summed E-state index contributed by atoms with van der Waals surface area (Å²) in [5, 5.41) is 0. The van der Waals surface area contributed by atoms with Gasteiger partial charge >= 0.3 is 0 Å². The average molecular weight is 152 g/mol. The third-order valence-corrected chi connectivity index (χ3v) is 1.85. The fourth-order valence-electron chi connectivity index (χ4n) is 0.794. The van der Waals surface area contributed by atoms with Gasteiger partial charge in [0.25, 0.3) is 0 Å². The van der Waals surface area contributed by atoms with Crippen molar-refractivity contribution < 1.29 is 0 Å². The van der Waals surface area contributed by atoms with Crippen molar-refractivity contribution in [3.63, 3.8) is 0 Å². The summed E-state index contributed by atoms with van der Waals surface area (Å²) in [6.07, 6.45) is 8.09. The number of allylic oxidation sites excluding steroid dienone is 3. The van der Waals surface area contributed by atoms with Gasteiger partial charge in [0.1, 0.15) is 0 Å². The summed E-state index contributed by atoms with van der Waals surface area (Å²) >= 11 is 0. The third kappa shape index (κ3) is 7.38. The van der Waals surface area contributed by atoms with Gasteiger partial charge in [-0.2, -0.15) is 0 Å². The first-order valence-corrected chi connectivity index (χ1v) is 4.47. The predicted molar refractivity (Wildman–Crippen MR) is 52.6 cm³/mol. The Morgan fingerprint density at radius 1 is 1.55 bits per heavy atom. The first-order chi connectivity index (χ1) is 5.16. The second kappa shape index (κ2) is 6.21. The monoisotopic (exact) mass is 152 g/mol. The summed E-state index contributed by atoms with van der Waals surface area (Å²) in [5.41, 5.74) is 1.28. The molecule has 0 unspecified atom stereocenters. The van der Waals surface area contributed by atoms with Crippen LogP contribution in [0.5, 0.6) is 0 Å². The van der Waals surface area contributed by atoms with Gasteiger partial charge in [-0.15, -0.1) is 6.58 Å². The molecule has 64 valence electrons. The molecule has 0 amide bonds. The highest BCUT2D eigenvalue weighted by Gasteiger charge is 1.89. The third-order valence-electron chi connectivity index (χ3n) is 1.85. The van der Waals surface area contributed by atoms with Gasteiger partial charge < -0.3 is 0 Å². The van der Waals surface area contributed by atoms with Crippen LogP contribution in [0.25, 0.3) is 0 Å². The summed E-state index contributed by atoms with van der Waals surface area (Å²) in [6.45, 7) is 10.4. The van der Waals surface area contributed by atoms with Gasteiger partial charge in [-0.05, 0) is 25.7 Å². The Balaban J connectivity index is 3.36. The van der Waals surface area contributed by atoms with Gasteiger partial charge in [0.05, 0.1) is 0 Å². The van der Waals surface area contributed by atoms with E-state index >= 15 is 0 Å². The highest BCUT2D eigenvalue weighted by atomic mass is 14.0. The Bertz CT molecular complexity index is 131. The summed E-state index contributed by atoms with van der Waals surface area (Å²) in [6, 6.07) is 0. The summed E-state index contributed by atoms with van der Waals surface area (Å²) in [4.78, 5) is 0. The van der Waals surface area contributed by atoms with Gasteiger partial charge in [-0.3, -0.25) is 0 Å². The van der Waals surface area contributed by atoms with Crippen molar-refractivity contribution in [3.8, 4) is 0 Å². The van der Waals surface area contributed by atoms with E-state index in [-0.39, 0.29) is 0 Å². The molecule has 0 saturated heterocycles. The zero-order valence-electron chi connectivity index (χ0n) is 8.06. The zero-order chi connectivity index (χ0) is 8.69. The van der Waals surface area contributed by atoms with Crippen LogP contribution in [0.1, 0.15) is 40.0 Å². The van der Waals surface area contributed by atoms with Crippen LogP contribution >= 0.6 is 0 Å². The Labute approximate surface area is 71.0 Å². The highest BCUT2D eigenvalue weighted by Crippen LogP contribution is 2.05. The molecular weight excluding hydrogens is 132 g/mol. The molecule has 0 radical (unpaired) electrons. The zero-order valence-corrected chi connectivity index (χ0v) is 8.06. The van der Waals surface area contributed by atoms with Crippen LogP contribution in [0.4, 0.5) is 0 Å². The maximum absolute atomic E-state index is 3.86. The standard InChI is InChI=1S/C11H20/c1-5-11(4)9-7-6-8-10(2)3/h7,9,11H,2,5-6,8H2,1,3-4H3/b9-7-/t11-/m0/s1. The van der Waals surface area contributed by atoms with Crippen molar-refractivity contribution in [2.24, 2.45) is 5.92 Å². The topological polar surface area (TPSA) is 0 Å². The quantitative estimate of drug-likeness (QED) is 0.523. The maximum atomic E-state index is 3.86. The Morgan fingerprint density at radius 2 is 2.18 bits per heavy atom. The molecule has 0 fully saturated rings. The average Bonchev–Trinajstić information content (AvgIpc) is 1.97. The fourth-order valence-corrected chi connectivity index (χ4v) is 0.794. The molecule has 0 aromatic carbocycles. The van der Waals surface area contributed by atoms with Crippen LogP contribution in [0, 0.1) is 5.92 Å². The lowest BCUT2D eigenvalue weighted by Gasteiger charge is -1.99. The smallest absolute Gasteiger partial charge is 0.0265 e. The Kier molecular flexibility index (Phi) is 5.91. The van der Waals surface area contributed by atoms with Crippen LogP contribution in [0.15, 0.2) is 24.3 Å². The molecule has 0 rings (SSSR count). The lowest BCUT2D eigenvalue weighted by Crippen LogP contribution is -1.83. The van der Waals surface area contributed by atoms with Crippen LogP contribution in [-0.2, 0) is 0 Å². The number of hydrogen-bond donors (Lipinski definition) is 0. The van der Waals surface area contributed by atoms with Crippen LogP contribution in [-0.4, -0.2) is 0 Å². The Morgan fingerprint density at radius 3 is 2.64 bits per heavy atom. The van der Waals surface area contributed by atoms with Crippen molar-refractivity contribution in [2.75, 3.05) is 0 Å². The van der Waals surface area contributed by atoms with E-state index in [2.05, 4.69) is 39.5 Å². The van der Waals surface area contributed by atoms with E-state index in [1.165, 1.54) is 12.0 Å². The normalized spacial score (nSPS) is 13.7. The van der Waals surface area contributed by atoms with Crippen molar-refractivity contribution in [1.29, 1.82) is 0 Å². The maximum Gasteiger partial charge on any atom is -0.0265 e. The second-order valence-electron chi connectivity index (χ2n) is 3.31. The molecule has 0 spiro atoms. The molecule has 0 saturated carbocycles. The van der Waals surface area contributed by atoms with E-state index in [4.69, 9.17) is 0 Å². The SMILES string of the molecule is C=C(C)CC/C=C\[C@@H](C)CC. The van der Waals surface area contributed by atoms with E-state index in [1.807, 2.05) is 0 Å². The predicted octanol–water partition coefficient (Wildman–Crippen LogP) is 3.95. The molecule has 0 aliphatic carbocycles. The lowest BCUT2D eigenvalue weighted by atomic mass is 10.1. The molecule has 0 aromatic rings. The van der Waals surface area contributed by atoms with Gasteiger partial charge in [-0.1, -0.05) is 38.0 Å². The summed E-state index contributed by atoms with van der Waals surface area (Å²) < 4.78 is 0. The lowest BCUT2D eigenvalue weighted by molar-refractivity contribution is 0.694. The molecule has 0 aliphatic rings. The Hall–Kier alpha value is -0.520. The number of hydrogen-bond acceptors (Lipinski definition) is 0. The van der Waals surface area contributed by atoms with E-state index in [9.17, 15) is 0 Å². The molecular formula is C11H20. The molecule has 11 heavy (non-hydrogen) atoms. The van der Waals surface area contributed by atoms with Crippen LogP contribution in [0.3, 0.4) is 0 Å². The van der Waals surface area contributed by atoms with Crippen molar-refractivity contribution in [1.82, 2.24) is 0 Å². The van der Waals surface area contributed by atoms with Gasteiger partial charge in [0, 0.05) is 0 Å². The largest absolute Gasteiger partial charge is 0.100 e. The minimum atomic E-state index is 0.736. The molecule has 0 nitrogen and oxygen atoms in total. The van der Waals surface area contributed by atoms with Crippen molar-refractivity contribution >= 4 is 0 Å². The van der Waals surface area contributed by atoms with E-state index in [0.29, 0.717) is 0 Å². The van der Waals surface area contributed by atoms with E-state index in [1.54, 1.807) is 0 Å². The molecule has 0 heterocycles. The fraction of sp³-hybridized carbons (Fsp3) is 0.636. The first-order valence-electron chi connectivity index (χ1n) is 4.47. The number of rotatable bonds is 5. The molecule has 0 heteroatoms. The van der Waals surface area contributed by atoms with Crippen LogP contribution < -0.4 is 0 Å². The molecule has 0 N–H and O–H groups in total. The van der Waals surface area contributed by atoms with Crippen molar-refractivity contribution in [2.45, 2.75) is 40.0 Å². The van der Waals surface area contributed by atoms with E-state index in [0.717, 1.165) is 18.8 Å². The second-order valence-corrected chi connectivity index (χ2v) is 3.31. The summed E-state index contributed by atoms with van der Waals surface area (Å²) in [7, 11) is 0.